The maximum absolute atomic E-state index is 12.5. The number of amides is 1. The molecule has 0 saturated heterocycles. The van der Waals surface area contributed by atoms with Crippen LogP contribution >= 0.6 is 0 Å². The van der Waals surface area contributed by atoms with Gasteiger partial charge in [0.15, 0.2) is 5.70 Å². The fourth-order valence-corrected chi connectivity index (χ4v) is 3.12. The average Bonchev–Trinajstić information content (AvgIpc) is 2.79. The number of aromatic nitrogens is 1. The summed E-state index contributed by atoms with van der Waals surface area (Å²) in [6, 6.07) is 9.45. The lowest BCUT2D eigenvalue weighted by Crippen LogP contribution is -2.23. The molecule has 0 radical (unpaired) electrons. The van der Waals surface area contributed by atoms with Crippen molar-refractivity contribution < 1.29 is 9.37 Å². The van der Waals surface area contributed by atoms with Gasteiger partial charge in [-0.25, -0.2) is 0 Å². The van der Waals surface area contributed by atoms with E-state index in [1.807, 2.05) is 92.4 Å². The number of allylic oxidation sites excluding steroid dienone is 5. The number of nitrogens with one attached hydrogen (secondary N) is 2. The number of pyridine rings is 1. The molecule has 2 N–H and O–H groups in total. The summed E-state index contributed by atoms with van der Waals surface area (Å²) in [5.41, 5.74) is 5.19. The highest BCUT2D eigenvalue weighted by atomic mass is 16.1. The molecular formula is C27H29N5O. The zero-order valence-electron chi connectivity index (χ0n) is 19.2. The van der Waals surface area contributed by atoms with Gasteiger partial charge in [-0.3, -0.25) is 9.78 Å². The van der Waals surface area contributed by atoms with Crippen LogP contribution < -0.4 is 10.6 Å². The summed E-state index contributed by atoms with van der Waals surface area (Å²) in [7, 11) is 0. The van der Waals surface area contributed by atoms with Crippen LogP contribution in [0.15, 0.2) is 104 Å². The van der Waals surface area contributed by atoms with Crippen molar-refractivity contribution in [2.24, 2.45) is 0 Å². The predicted octanol–water partition coefficient (Wildman–Crippen LogP) is 5.72. The molecule has 168 valence electrons. The van der Waals surface area contributed by atoms with Crippen molar-refractivity contribution in [1.82, 2.24) is 10.3 Å². The number of anilines is 1. The monoisotopic (exact) mass is 439 g/mol. The molecule has 1 aliphatic rings. The lowest BCUT2D eigenvalue weighted by molar-refractivity contribution is -0.402. The highest BCUT2D eigenvalue weighted by Crippen LogP contribution is 2.24. The van der Waals surface area contributed by atoms with Crippen LogP contribution in [-0.2, 0) is 0 Å². The van der Waals surface area contributed by atoms with Crippen molar-refractivity contribution in [2.75, 3.05) is 5.32 Å². The van der Waals surface area contributed by atoms with Gasteiger partial charge in [0.05, 0.1) is 5.56 Å². The third-order valence-corrected chi connectivity index (χ3v) is 4.92. The topological polar surface area (TPSA) is 71.1 Å². The van der Waals surface area contributed by atoms with Gasteiger partial charge in [0.2, 0.25) is 18.1 Å². The van der Waals surface area contributed by atoms with E-state index in [4.69, 9.17) is 0 Å². The minimum Gasteiger partial charge on any atom is -0.683 e. The van der Waals surface area contributed by atoms with Gasteiger partial charge in [-0.05, 0) is 43.8 Å². The number of carbonyl (C=O) groups excluding carboxylic acids is 1. The van der Waals surface area contributed by atoms with Gasteiger partial charge >= 0.3 is 0 Å². The van der Waals surface area contributed by atoms with Crippen LogP contribution in [0, 0.1) is 6.92 Å². The Labute approximate surface area is 195 Å². The molecule has 1 aromatic heterocycles. The van der Waals surface area contributed by atoms with Gasteiger partial charge in [-0.2, -0.15) is 10.8 Å². The Kier molecular flexibility index (Phi) is 8.13. The molecule has 1 unspecified atom stereocenters. The average molecular weight is 440 g/mol. The molecule has 0 fully saturated rings. The summed E-state index contributed by atoms with van der Waals surface area (Å²) in [4.78, 5) is 16.6. The standard InChI is InChI=1S/C27H29N5O/c1-5-7-11-26(6-2)32-18-25(19-32)30-13-12-29-21(4)22-9-8-10-24(15-22)31-27(33)23-14-20(3)16-28-17-23/h5-19,21,30H,2H2,1,3-4H3,(H,31,33)/b7-5-,13-12?,26-11+. The van der Waals surface area contributed by atoms with E-state index >= 15 is 0 Å². The summed E-state index contributed by atoms with van der Waals surface area (Å²) < 4.78 is 2.00. The first-order valence-electron chi connectivity index (χ1n) is 10.7. The molecule has 0 saturated carbocycles. The quantitative estimate of drug-likeness (QED) is 0.367. The van der Waals surface area contributed by atoms with Crippen LogP contribution in [-0.4, -0.2) is 21.7 Å². The van der Waals surface area contributed by atoms with E-state index in [1.54, 1.807) is 24.8 Å². The van der Waals surface area contributed by atoms with Crippen molar-refractivity contribution in [2.45, 2.75) is 26.8 Å². The van der Waals surface area contributed by atoms with Crippen LogP contribution in [0.2, 0.25) is 0 Å². The van der Waals surface area contributed by atoms with Crippen molar-refractivity contribution >= 4 is 17.8 Å². The molecule has 2 aromatic rings. The Bertz CT molecular complexity index is 1170. The highest BCUT2D eigenvalue weighted by Gasteiger charge is 2.18. The van der Waals surface area contributed by atoms with Crippen molar-refractivity contribution in [3.05, 3.63) is 126 Å². The number of aryl methyl sites for hydroxylation is 1. The first-order valence-corrected chi connectivity index (χ1v) is 10.7. The first-order chi connectivity index (χ1) is 16.0. The number of rotatable bonds is 10. The zero-order chi connectivity index (χ0) is 23.6. The number of hydrogen-bond donors (Lipinski definition) is 2. The molecule has 0 bridgehead atoms. The lowest BCUT2D eigenvalue weighted by Gasteiger charge is -2.26. The fourth-order valence-electron chi connectivity index (χ4n) is 3.12. The maximum Gasteiger partial charge on any atom is 0.257 e. The molecule has 1 amide bonds. The van der Waals surface area contributed by atoms with Crippen LogP contribution in [0.25, 0.3) is 5.32 Å². The van der Waals surface area contributed by atoms with E-state index in [1.165, 1.54) is 0 Å². The normalized spacial score (nSPS) is 14.3. The second-order valence-corrected chi connectivity index (χ2v) is 7.56. The van der Waals surface area contributed by atoms with Gasteiger partial charge in [-0.1, -0.05) is 49.4 Å². The Morgan fingerprint density at radius 2 is 2.09 bits per heavy atom. The third kappa shape index (κ3) is 6.64. The van der Waals surface area contributed by atoms with Gasteiger partial charge in [-0.15, -0.1) is 0 Å². The summed E-state index contributed by atoms with van der Waals surface area (Å²) >= 11 is 0. The van der Waals surface area contributed by atoms with Crippen LogP contribution in [0.5, 0.6) is 0 Å². The smallest absolute Gasteiger partial charge is 0.257 e. The molecule has 1 aliphatic heterocycles. The van der Waals surface area contributed by atoms with Crippen LogP contribution in [0.3, 0.4) is 0 Å². The van der Waals surface area contributed by atoms with E-state index in [2.05, 4.69) is 27.5 Å². The molecule has 6 nitrogen and oxygen atoms in total. The van der Waals surface area contributed by atoms with Crippen molar-refractivity contribution in [3.8, 4) is 0 Å². The predicted molar refractivity (Wildman–Crippen MR) is 135 cm³/mol. The molecule has 33 heavy (non-hydrogen) atoms. The molecule has 0 aliphatic carbocycles. The lowest BCUT2D eigenvalue weighted by atomic mass is 10.1. The van der Waals surface area contributed by atoms with E-state index in [0.29, 0.717) is 5.56 Å². The van der Waals surface area contributed by atoms with Gasteiger partial charge in [0.25, 0.3) is 5.91 Å². The third-order valence-electron chi connectivity index (χ3n) is 4.92. The van der Waals surface area contributed by atoms with Gasteiger partial charge in [0, 0.05) is 30.2 Å². The minimum absolute atomic E-state index is 0.0625. The van der Waals surface area contributed by atoms with E-state index in [-0.39, 0.29) is 11.9 Å². The molecule has 0 spiro atoms. The fraction of sp³-hybridized carbons (Fsp3) is 0.148. The maximum atomic E-state index is 12.5. The molecule has 1 aromatic carbocycles. The Balaban J connectivity index is 1.50. The number of nitrogens with zero attached hydrogens (tertiary/aromatic N) is 3. The number of benzene rings is 1. The van der Waals surface area contributed by atoms with E-state index < -0.39 is 0 Å². The minimum atomic E-state index is -0.184. The number of hydrogen-bond acceptors (Lipinski definition) is 3. The van der Waals surface area contributed by atoms with Gasteiger partial charge < -0.3 is 16.0 Å². The second kappa shape index (κ2) is 11.4. The van der Waals surface area contributed by atoms with Crippen molar-refractivity contribution in [3.63, 3.8) is 0 Å². The van der Waals surface area contributed by atoms with Crippen molar-refractivity contribution in [1.29, 1.82) is 0 Å². The summed E-state index contributed by atoms with van der Waals surface area (Å²) in [5.74, 6) is -0.184. The SMILES string of the molecule is C=C/C(=C\C=C/C)[N+]1=CC(NC=C[N-]C(C)c2cccc(NC(=O)c3cncc(C)c3)c2)=C1. The zero-order valence-corrected chi connectivity index (χ0v) is 19.2. The summed E-state index contributed by atoms with van der Waals surface area (Å²) in [5, 5.41) is 10.7. The van der Waals surface area contributed by atoms with Crippen LogP contribution in [0.1, 0.15) is 41.4 Å². The summed E-state index contributed by atoms with van der Waals surface area (Å²) in [6.07, 6.45) is 18.6. The van der Waals surface area contributed by atoms with Crippen LogP contribution in [0.4, 0.5) is 5.69 Å². The largest absolute Gasteiger partial charge is 0.683 e. The molecule has 6 heteroatoms. The Hall–Kier alpha value is -4.19. The van der Waals surface area contributed by atoms with E-state index in [9.17, 15) is 4.79 Å². The molecular weight excluding hydrogens is 410 g/mol. The number of carbonyl (C=O) groups is 1. The molecule has 2 heterocycles. The second-order valence-electron chi connectivity index (χ2n) is 7.56. The summed E-state index contributed by atoms with van der Waals surface area (Å²) in [6.45, 7) is 9.73. The first kappa shape index (κ1) is 23.5. The molecule has 3 rings (SSSR count). The van der Waals surface area contributed by atoms with Gasteiger partial charge in [0.1, 0.15) is 0 Å². The Morgan fingerprint density at radius 3 is 2.82 bits per heavy atom. The highest BCUT2D eigenvalue weighted by molar-refractivity contribution is 6.04. The molecule has 1 atom stereocenters. The Morgan fingerprint density at radius 1 is 1.27 bits per heavy atom. The van der Waals surface area contributed by atoms with E-state index in [0.717, 1.165) is 28.2 Å².